The Hall–Kier alpha value is -2.10. The quantitative estimate of drug-likeness (QED) is 0.579. The molecule has 1 aliphatic rings. The third-order valence-corrected chi connectivity index (χ3v) is 5.24. The molecule has 0 bridgehead atoms. The molecule has 0 saturated carbocycles. The lowest BCUT2D eigenvalue weighted by Crippen LogP contribution is -2.11. The second kappa shape index (κ2) is 6.66. The predicted molar refractivity (Wildman–Crippen MR) is 99.3 cm³/mol. The number of fused-ring (bicyclic) bond motifs is 2. The van der Waals surface area contributed by atoms with Gasteiger partial charge < -0.3 is 4.74 Å². The molecule has 126 valence electrons. The fourth-order valence-corrected chi connectivity index (χ4v) is 3.83. The van der Waals surface area contributed by atoms with Crippen LogP contribution in [0.5, 0.6) is 0 Å². The maximum Gasteiger partial charge on any atom is 0.339 e. The van der Waals surface area contributed by atoms with E-state index in [1.807, 2.05) is 24.3 Å². The maximum atomic E-state index is 12.9. The van der Waals surface area contributed by atoms with Crippen LogP contribution in [0.25, 0.3) is 10.9 Å². The van der Waals surface area contributed by atoms with E-state index in [1.54, 1.807) is 18.2 Å². The van der Waals surface area contributed by atoms with E-state index in [2.05, 4.69) is 0 Å². The number of hydrogen-bond donors (Lipinski definition) is 0. The zero-order valence-corrected chi connectivity index (χ0v) is 14.9. The Bertz CT molecular complexity index is 965. The first kappa shape index (κ1) is 16.4. The number of nitrogens with zero attached hydrogens (tertiary/aromatic N) is 1. The van der Waals surface area contributed by atoms with Crippen molar-refractivity contribution in [3.63, 3.8) is 0 Å². The highest BCUT2D eigenvalue weighted by Crippen LogP contribution is 2.31. The Morgan fingerprint density at radius 1 is 1.04 bits per heavy atom. The van der Waals surface area contributed by atoms with Crippen LogP contribution in [0.15, 0.2) is 42.5 Å². The number of aryl methyl sites for hydroxylation is 1. The van der Waals surface area contributed by atoms with Crippen LogP contribution in [0.1, 0.15) is 33.6 Å². The summed E-state index contributed by atoms with van der Waals surface area (Å²) < 4.78 is 5.57. The van der Waals surface area contributed by atoms with Gasteiger partial charge in [0.2, 0.25) is 0 Å². The summed E-state index contributed by atoms with van der Waals surface area (Å²) in [5, 5.41) is 1.81. The van der Waals surface area contributed by atoms with Gasteiger partial charge in [-0.15, -0.1) is 0 Å². The normalized spacial score (nSPS) is 13.0. The van der Waals surface area contributed by atoms with Crippen molar-refractivity contribution in [2.24, 2.45) is 0 Å². The summed E-state index contributed by atoms with van der Waals surface area (Å²) in [7, 11) is 0. The van der Waals surface area contributed by atoms with Gasteiger partial charge in [0.1, 0.15) is 6.61 Å². The first-order valence-corrected chi connectivity index (χ1v) is 8.91. The fourth-order valence-electron chi connectivity index (χ4n) is 3.32. The van der Waals surface area contributed by atoms with Gasteiger partial charge >= 0.3 is 5.97 Å². The Morgan fingerprint density at radius 2 is 1.80 bits per heavy atom. The van der Waals surface area contributed by atoms with Crippen molar-refractivity contribution in [2.75, 3.05) is 0 Å². The Kier molecular flexibility index (Phi) is 4.36. The molecule has 0 atom stereocenters. The van der Waals surface area contributed by atoms with E-state index in [0.29, 0.717) is 21.2 Å². The Labute approximate surface area is 155 Å². The number of pyridine rings is 1. The highest BCUT2D eigenvalue weighted by atomic mass is 35.5. The van der Waals surface area contributed by atoms with Gasteiger partial charge in [0, 0.05) is 26.7 Å². The molecule has 0 fully saturated rings. The minimum Gasteiger partial charge on any atom is -0.457 e. The number of carbonyl (C=O) groups excluding carboxylic acids is 1. The van der Waals surface area contributed by atoms with Gasteiger partial charge in [-0.1, -0.05) is 47.5 Å². The molecule has 1 aliphatic carbocycles. The van der Waals surface area contributed by atoms with E-state index in [-0.39, 0.29) is 12.6 Å². The van der Waals surface area contributed by atoms with Crippen LogP contribution >= 0.6 is 23.2 Å². The third-order valence-electron chi connectivity index (χ3n) is 4.53. The van der Waals surface area contributed by atoms with Crippen molar-refractivity contribution in [1.82, 2.24) is 4.98 Å². The number of aromatic nitrogens is 1. The van der Waals surface area contributed by atoms with Crippen LogP contribution < -0.4 is 0 Å². The number of hydrogen-bond acceptors (Lipinski definition) is 3. The highest BCUT2D eigenvalue weighted by Gasteiger charge is 2.25. The molecule has 1 aromatic heterocycles. The maximum absolute atomic E-state index is 12.9. The minimum absolute atomic E-state index is 0.0444. The summed E-state index contributed by atoms with van der Waals surface area (Å²) in [6.07, 6.45) is 2.76. The molecule has 0 saturated heterocycles. The van der Waals surface area contributed by atoms with Gasteiger partial charge in [0.05, 0.1) is 11.1 Å². The van der Waals surface area contributed by atoms with Crippen LogP contribution in [0.3, 0.4) is 0 Å². The zero-order chi connectivity index (χ0) is 17.4. The molecule has 4 rings (SSSR count). The fraction of sp³-hybridized carbons (Fsp3) is 0.200. The van der Waals surface area contributed by atoms with Crippen molar-refractivity contribution in [2.45, 2.75) is 25.9 Å². The number of ether oxygens (including phenoxy) is 1. The molecule has 3 aromatic rings. The van der Waals surface area contributed by atoms with Crippen LogP contribution in [-0.2, 0) is 24.2 Å². The number of carbonyl (C=O) groups is 1. The average molecular weight is 372 g/mol. The molecule has 0 unspecified atom stereocenters. The summed E-state index contributed by atoms with van der Waals surface area (Å²) >= 11 is 12.3. The first-order valence-electron chi connectivity index (χ1n) is 8.15. The van der Waals surface area contributed by atoms with Crippen molar-refractivity contribution < 1.29 is 9.53 Å². The lowest BCUT2D eigenvalue weighted by molar-refractivity contribution is 0.0474. The molecule has 0 radical (unpaired) electrons. The van der Waals surface area contributed by atoms with Crippen LogP contribution in [0, 0.1) is 0 Å². The van der Waals surface area contributed by atoms with Gasteiger partial charge in [-0.2, -0.15) is 0 Å². The van der Waals surface area contributed by atoms with E-state index in [0.717, 1.165) is 41.4 Å². The van der Waals surface area contributed by atoms with Crippen molar-refractivity contribution in [3.05, 3.63) is 74.9 Å². The summed E-state index contributed by atoms with van der Waals surface area (Å²) in [5.41, 5.74) is 4.08. The second-order valence-electron chi connectivity index (χ2n) is 6.06. The van der Waals surface area contributed by atoms with E-state index in [9.17, 15) is 4.79 Å². The number of rotatable bonds is 3. The molecule has 3 nitrogen and oxygen atoms in total. The summed E-state index contributed by atoms with van der Waals surface area (Å²) in [6.45, 7) is 0.0444. The standard InChI is InChI=1S/C20H15Cl2NO2/c21-15-7-4-8-16(22)14(15)11-25-20(24)19-12-5-1-2-9-17(12)23-18-10-3-6-13(18)19/h1-2,4-5,7-9H,3,6,10-11H2. The van der Waals surface area contributed by atoms with E-state index in [4.69, 9.17) is 32.9 Å². The molecule has 0 amide bonds. The van der Waals surface area contributed by atoms with Crippen molar-refractivity contribution >= 4 is 40.1 Å². The molecule has 5 heteroatoms. The largest absolute Gasteiger partial charge is 0.457 e. The number of para-hydroxylation sites is 1. The SMILES string of the molecule is O=C(OCc1c(Cl)cccc1Cl)c1c2c(nc3ccccc13)CCC2. The molecule has 0 N–H and O–H groups in total. The van der Waals surface area contributed by atoms with Gasteiger partial charge in [0.25, 0.3) is 0 Å². The van der Waals surface area contributed by atoms with E-state index in [1.165, 1.54) is 0 Å². The monoisotopic (exact) mass is 371 g/mol. The topological polar surface area (TPSA) is 39.2 Å². The average Bonchev–Trinajstić information content (AvgIpc) is 3.06. The van der Waals surface area contributed by atoms with Crippen LogP contribution in [0.4, 0.5) is 0 Å². The lowest BCUT2D eigenvalue weighted by atomic mass is 10.0. The third kappa shape index (κ3) is 2.99. The molecule has 1 heterocycles. The van der Waals surface area contributed by atoms with E-state index >= 15 is 0 Å². The Morgan fingerprint density at radius 3 is 2.60 bits per heavy atom. The lowest BCUT2D eigenvalue weighted by Gasteiger charge is -2.13. The smallest absolute Gasteiger partial charge is 0.339 e. The van der Waals surface area contributed by atoms with Crippen LogP contribution in [-0.4, -0.2) is 11.0 Å². The van der Waals surface area contributed by atoms with Gasteiger partial charge in [-0.25, -0.2) is 4.79 Å². The van der Waals surface area contributed by atoms with Crippen molar-refractivity contribution in [3.8, 4) is 0 Å². The molecule has 0 aliphatic heterocycles. The molecular formula is C20H15Cl2NO2. The molecule has 2 aromatic carbocycles. The van der Waals surface area contributed by atoms with Gasteiger partial charge in [-0.05, 0) is 43.0 Å². The molecule has 0 spiro atoms. The second-order valence-corrected chi connectivity index (χ2v) is 6.87. The summed E-state index contributed by atoms with van der Waals surface area (Å²) in [4.78, 5) is 17.6. The predicted octanol–water partition coefficient (Wildman–Crippen LogP) is 5.39. The van der Waals surface area contributed by atoms with Gasteiger partial charge in [-0.3, -0.25) is 4.98 Å². The Balaban J connectivity index is 1.71. The summed E-state index contributed by atoms with van der Waals surface area (Å²) in [6, 6.07) is 12.9. The van der Waals surface area contributed by atoms with Crippen molar-refractivity contribution in [1.29, 1.82) is 0 Å². The van der Waals surface area contributed by atoms with E-state index < -0.39 is 0 Å². The molecular weight excluding hydrogens is 357 g/mol. The highest BCUT2D eigenvalue weighted by molar-refractivity contribution is 6.36. The minimum atomic E-state index is -0.354. The summed E-state index contributed by atoms with van der Waals surface area (Å²) in [5.74, 6) is -0.354. The first-order chi connectivity index (χ1) is 12.1. The van der Waals surface area contributed by atoms with Crippen LogP contribution in [0.2, 0.25) is 10.0 Å². The zero-order valence-electron chi connectivity index (χ0n) is 13.4. The van der Waals surface area contributed by atoms with Gasteiger partial charge in [0.15, 0.2) is 0 Å². The molecule has 25 heavy (non-hydrogen) atoms. The number of halogens is 2. The number of benzene rings is 2. The number of esters is 1.